The maximum atomic E-state index is 9.86. The van der Waals surface area contributed by atoms with Crippen LogP contribution in [-0.2, 0) is 4.74 Å². The van der Waals surface area contributed by atoms with Crippen molar-refractivity contribution >= 4 is 0 Å². The molecule has 2 rings (SSSR count). The first-order valence-corrected chi connectivity index (χ1v) is 6.47. The van der Waals surface area contributed by atoms with E-state index >= 15 is 0 Å². The molecule has 94 valence electrons. The molecule has 2 aliphatic rings. The second-order valence-corrected chi connectivity index (χ2v) is 5.13. The molecule has 0 aliphatic carbocycles. The number of hydrogen-bond acceptors (Lipinski definition) is 4. The molecule has 2 aliphatic heterocycles. The zero-order chi connectivity index (χ0) is 11.5. The molecule has 0 spiro atoms. The third-order valence-corrected chi connectivity index (χ3v) is 3.86. The number of aliphatic hydroxyl groups is 1. The van der Waals surface area contributed by atoms with Crippen LogP contribution in [0.25, 0.3) is 0 Å². The molecule has 0 aromatic carbocycles. The van der Waals surface area contributed by atoms with E-state index in [1.807, 2.05) is 6.92 Å². The zero-order valence-electron chi connectivity index (χ0n) is 10.1. The minimum absolute atomic E-state index is 0.350. The number of hydrogen-bond donors (Lipinski definition) is 2. The fraction of sp³-hybridized carbons (Fsp3) is 1.00. The fourth-order valence-corrected chi connectivity index (χ4v) is 3.16. The summed E-state index contributed by atoms with van der Waals surface area (Å²) in [6.45, 7) is 3.84. The van der Waals surface area contributed by atoms with Gasteiger partial charge in [-0.3, -0.25) is 4.90 Å². The van der Waals surface area contributed by atoms with Crippen molar-refractivity contribution in [1.82, 2.24) is 4.90 Å². The van der Waals surface area contributed by atoms with Gasteiger partial charge in [0.2, 0.25) is 0 Å². The molecule has 0 saturated carbocycles. The number of nitrogens with zero attached hydrogens (tertiary/aromatic N) is 1. The second kappa shape index (κ2) is 5.45. The summed E-state index contributed by atoms with van der Waals surface area (Å²) < 4.78 is 5.25. The molecule has 16 heavy (non-hydrogen) atoms. The number of aliphatic hydroxyl groups excluding tert-OH is 1. The van der Waals surface area contributed by atoms with Crippen molar-refractivity contribution in [1.29, 1.82) is 0 Å². The van der Waals surface area contributed by atoms with Gasteiger partial charge >= 0.3 is 0 Å². The van der Waals surface area contributed by atoms with Crippen molar-refractivity contribution in [3.8, 4) is 0 Å². The van der Waals surface area contributed by atoms with Crippen LogP contribution in [0.2, 0.25) is 0 Å². The first-order chi connectivity index (χ1) is 7.70. The quantitative estimate of drug-likeness (QED) is 0.712. The monoisotopic (exact) mass is 228 g/mol. The van der Waals surface area contributed by atoms with Gasteiger partial charge in [-0.2, -0.15) is 0 Å². The van der Waals surface area contributed by atoms with Crippen LogP contribution in [0.5, 0.6) is 0 Å². The summed E-state index contributed by atoms with van der Waals surface area (Å²) >= 11 is 0. The molecule has 0 aromatic rings. The minimum atomic E-state index is -0.350. The standard InChI is InChI=1S/C12H24N2O2/c1-2-16-8-12(15)7-14-10-3-4-11(14)6-9(13)5-10/h9-12,15H,2-8,13H2,1H3. The van der Waals surface area contributed by atoms with Crippen molar-refractivity contribution in [3.63, 3.8) is 0 Å². The van der Waals surface area contributed by atoms with E-state index in [1.165, 1.54) is 12.8 Å². The Morgan fingerprint density at radius 2 is 2.00 bits per heavy atom. The summed E-state index contributed by atoms with van der Waals surface area (Å²) in [5, 5.41) is 9.86. The SMILES string of the molecule is CCOCC(O)CN1C2CCC1CC(N)C2. The van der Waals surface area contributed by atoms with E-state index in [0.29, 0.717) is 31.3 Å². The third-order valence-electron chi connectivity index (χ3n) is 3.86. The summed E-state index contributed by atoms with van der Waals surface area (Å²) in [6.07, 6.45) is 4.34. The summed E-state index contributed by atoms with van der Waals surface area (Å²) in [6, 6.07) is 1.58. The largest absolute Gasteiger partial charge is 0.389 e. The Morgan fingerprint density at radius 1 is 1.38 bits per heavy atom. The van der Waals surface area contributed by atoms with E-state index in [-0.39, 0.29) is 6.10 Å². The van der Waals surface area contributed by atoms with Crippen LogP contribution in [0, 0.1) is 0 Å². The van der Waals surface area contributed by atoms with Gasteiger partial charge < -0.3 is 15.6 Å². The van der Waals surface area contributed by atoms with E-state index in [2.05, 4.69) is 4.90 Å². The highest BCUT2D eigenvalue weighted by molar-refractivity contribution is 4.97. The van der Waals surface area contributed by atoms with Gasteiger partial charge in [-0.15, -0.1) is 0 Å². The zero-order valence-corrected chi connectivity index (χ0v) is 10.1. The second-order valence-electron chi connectivity index (χ2n) is 5.13. The lowest BCUT2D eigenvalue weighted by atomic mass is 9.98. The average Bonchev–Trinajstić information content (AvgIpc) is 2.50. The summed E-state index contributed by atoms with van der Waals surface area (Å²) in [5.74, 6) is 0. The van der Waals surface area contributed by atoms with Gasteiger partial charge in [-0.05, 0) is 32.6 Å². The molecule has 2 fully saturated rings. The molecule has 2 heterocycles. The van der Waals surface area contributed by atoms with Gasteiger partial charge in [0, 0.05) is 31.3 Å². The van der Waals surface area contributed by atoms with Crippen LogP contribution >= 0.6 is 0 Å². The number of nitrogens with two attached hydrogens (primary N) is 1. The van der Waals surface area contributed by atoms with Crippen molar-refractivity contribution in [2.24, 2.45) is 5.73 Å². The van der Waals surface area contributed by atoms with Gasteiger partial charge in [0.25, 0.3) is 0 Å². The van der Waals surface area contributed by atoms with Crippen LogP contribution in [-0.4, -0.2) is 54.0 Å². The van der Waals surface area contributed by atoms with Gasteiger partial charge in [0.15, 0.2) is 0 Å². The molecule has 3 unspecified atom stereocenters. The Balaban J connectivity index is 1.81. The molecule has 0 radical (unpaired) electrons. The summed E-state index contributed by atoms with van der Waals surface area (Å²) in [7, 11) is 0. The highest BCUT2D eigenvalue weighted by Gasteiger charge is 2.39. The molecular weight excluding hydrogens is 204 g/mol. The minimum Gasteiger partial charge on any atom is -0.389 e. The molecule has 2 saturated heterocycles. The summed E-state index contributed by atoms with van der Waals surface area (Å²) in [4.78, 5) is 2.45. The number of piperidine rings is 1. The fourth-order valence-electron chi connectivity index (χ4n) is 3.16. The van der Waals surface area contributed by atoms with E-state index in [9.17, 15) is 5.11 Å². The lowest BCUT2D eigenvalue weighted by Crippen LogP contribution is -2.50. The Labute approximate surface area is 97.7 Å². The topological polar surface area (TPSA) is 58.7 Å². The number of rotatable bonds is 5. The maximum absolute atomic E-state index is 9.86. The third kappa shape index (κ3) is 2.74. The van der Waals surface area contributed by atoms with Crippen molar-refractivity contribution < 1.29 is 9.84 Å². The molecular formula is C12H24N2O2. The first-order valence-electron chi connectivity index (χ1n) is 6.47. The molecule has 0 aromatic heterocycles. The van der Waals surface area contributed by atoms with Crippen molar-refractivity contribution in [3.05, 3.63) is 0 Å². The average molecular weight is 228 g/mol. The van der Waals surface area contributed by atoms with Crippen LogP contribution in [0.3, 0.4) is 0 Å². The van der Waals surface area contributed by atoms with E-state index in [4.69, 9.17) is 10.5 Å². The van der Waals surface area contributed by atoms with Crippen molar-refractivity contribution in [2.75, 3.05) is 19.8 Å². The Morgan fingerprint density at radius 3 is 2.56 bits per heavy atom. The first kappa shape index (κ1) is 12.3. The number of ether oxygens (including phenoxy) is 1. The number of fused-ring (bicyclic) bond motifs is 2. The van der Waals surface area contributed by atoms with Crippen LogP contribution in [0.4, 0.5) is 0 Å². The molecule has 4 nitrogen and oxygen atoms in total. The molecule has 0 amide bonds. The molecule has 2 bridgehead atoms. The highest BCUT2D eigenvalue weighted by atomic mass is 16.5. The molecule has 3 N–H and O–H groups in total. The van der Waals surface area contributed by atoms with Gasteiger partial charge in [-0.25, -0.2) is 0 Å². The smallest absolute Gasteiger partial charge is 0.0900 e. The van der Waals surface area contributed by atoms with Gasteiger partial charge in [0.05, 0.1) is 12.7 Å². The summed E-state index contributed by atoms with van der Waals surface area (Å²) in [5.41, 5.74) is 6.01. The lowest BCUT2D eigenvalue weighted by molar-refractivity contribution is 0.00123. The van der Waals surface area contributed by atoms with Gasteiger partial charge in [-0.1, -0.05) is 0 Å². The predicted octanol–water partition coefficient (Wildman–Crippen LogP) is 0.338. The van der Waals surface area contributed by atoms with E-state index < -0.39 is 0 Å². The Hall–Kier alpha value is -0.160. The lowest BCUT2D eigenvalue weighted by Gasteiger charge is -2.38. The maximum Gasteiger partial charge on any atom is 0.0900 e. The highest BCUT2D eigenvalue weighted by Crippen LogP contribution is 2.34. The Bertz CT molecular complexity index is 211. The van der Waals surface area contributed by atoms with Crippen LogP contribution in [0.1, 0.15) is 32.6 Å². The van der Waals surface area contributed by atoms with Crippen LogP contribution in [0.15, 0.2) is 0 Å². The molecule has 4 heteroatoms. The van der Waals surface area contributed by atoms with E-state index in [0.717, 1.165) is 19.4 Å². The molecule has 3 atom stereocenters. The van der Waals surface area contributed by atoms with Crippen molar-refractivity contribution in [2.45, 2.75) is 56.8 Å². The van der Waals surface area contributed by atoms with Gasteiger partial charge in [0.1, 0.15) is 0 Å². The van der Waals surface area contributed by atoms with Crippen LogP contribution < -0.4 is 5.73 Å². The Kier molecular flexibility index (Phi) is 4.19. The normalized spacial score (nSPS) is 36.6. The predicted molar refractivity (Wildman–Crippen MR) is 63.2 cm³/mol. The van der Waals surface area contributed by atoms with E-state index in [1.54, 1.807) is 0 Å².